The zero-order valence-corrected chi connectivity index (χ0v) is 11.6. The van der Waals surface area contributed by atoms with Crippen LogP contribution in [0.1, 0.15) is 13.3 Å². The third kappa shape index (κ3) is 4.38. The van der Waals surface area contributed by atoms with E-state index in [0.29, 0.717) is 0 Å². The van der Waals surface area contributed by atoms with Crippen LogP contribution in [0.5, 0.6) is 0 Å². The van der Waals surface area contributed by atoms with Crippen LogP contribution < -0.4 is 5.43 Å². The van der Waals surface area contributed by atoms with Gasteiger partial charge in [0.15, 0.2) is 0 Å². The zero-order chi connectivity index (χ0) is 15.1. The molecule has 1 N–H and O–H groups in total. The number of nitrogens with one attached hydrogen (secondary N) is 1. The van der Waals surface area contributed by atoms with Crippen molar-refractivity contribution in [1.29, 1.82) is 0 Å². The van der Waals surface area contributed by atoms with E-state index in [9.17, 15) is 9.59 Å². The van der Waals surface area contributed by atoms with Crippen LogP contribution in [0.25, 0.3) is 10.9 Å². The fraction of sp³-hybridized carbons (Fsp3) is 0.200. The zero-order valence-electron chi connectivity index (χ0n) is 11.6. The number of carbonyl (C=O) groups excluding carboxylic acids is 2. The highest BCUT2D eigenvalue weighted by Gasteiger charge is 2.04. The van der Waals surface area contributed by atoms with Crippen molar-refractivity contribution in [3.63, 3.8) is 0 Å². The molecule has 6 heteroatoms. The van der Waals surface area contributed by atoms with Gasteiger partial charge in [-0.3, -0.25) is 20.0 Å². The van der Waals surface area contributed by atoms with Crippen LogP contribution in [0.4, 0.5) is 5.69 Å². The first-order valence-corrected chi connectivity index (χ1v) is 6.43. The molecule has 0 spiro atoms. The van der Waals surface area contributed by atoms with E-state index in [4.69, 9.17) is 4.74 Å². The van der Waals surface area contributed by atoms with Crippen molar-refractivity contribution in [2.45, 2.75) is 13.3 Å². The van der Waals surface area contributed by atoms with Crippen molar-refractivity contribution in [3.05, 3.63) is 36.5 Å². The molecule has 0 saturated carbocycles. The van der Waals surface area contributed by atoms with Gasteiger partial charge in [-0.15, -0.1) is 0 Å². The monoisotopic (exact) mass is 285 g/mol. The number of hydrogen-bond acceptors (Lipinski definition) is 6. The Morgan fingerprint density at radius 3 is 2.95 bits per heavy atom. The van der Waals surface area contributed by atoms with Gasteiger partial charge in [-0.2, -0.15) is 5.10 Å². The first kappa shape index (κ1) is 14.6. The summed E-state index contributed by atoms with van der Waals surface area (Å²) < 4.78 is 4.81. The van der Waals surface area contributed by atoms with Crippen molar-refractivity contribution in [1.82, 2.24) is 4.98 Å². The maximum atomic E-state index is 11.1. The standard InChI is InChI=1S/C15H15N3O3/c1-11(19)10-14(20)21-9-8-17-18-13-6-2-4-12-5-3-7-16-15(12)13/h2-8,18H,9-10H2,1H3/b17-8-. The topological polar surface area (TPSA) is 80.7 Å². The minimum atomic E-state index is -0.555. The molecule has 0 aliphatic heterocycles. The van der Waals surface area contributed by atoms with Crippen LogP contribution in [0.3, 0.4) is 0 Å². The highest BCUT2D eigenvalue weighted by atomic mass is 16.5. The maximum absolute atomic E-state index is 11.1. The maximum Gasteiger partial charge on any atom is 0.313 e. The second-order valence-electron chi connectivity index (χ2n) is 4.37. The van der Waals surface area contributed by atoms with E-state index < -0.39 is 5.97 Å². The number of hydrazone groups is 1. The molecule has 0 saturated heterocycles. The predicted octanol–water partition coefficient (Wildman–Crippen LogP) is 2.15. The summed E-state index contributed by atoms with van der Waals surface area (Å²) >= 11 is 0. The summed E-state index contributed by atoms with van der Waals surface area (Å²) in [7, 11) is 0. The number of aromatic nitrogens is 1. The van der Waals surface area contributed by atoms with Gasteiger partial charge >= 0.3 is 5.97 Å². The van der Waals surface area contributed by atoms with Gasteiger partial charge in [-0.1, -0.05) is 18.2 Å². The van der Waals surface area contributed by atoms with Crippen LogP contribution in [0, 0.1) is 0 Å². The quantitative estimate of drug-likeness (QED) is 0.381. The summed E-state index contributed by atoms with van der Waals surface area (Å²) in [5.41, 5.74) is 4.43. The van der Waals surface area contributed by atoms with Crippen molar-refractivity contribution in [2.75, 3.05) is 12.0 Å². The molecular weight excluding hydrogens is 270 g/mol. The van der Waals surface area contributed by atoms with E-state index in [-0.39, 0.29) is 18.8 Å². The molecule has 0 atom stereocenters. The predicted molar refractivity (Wildman–Crippen MR) is 80.1 cm³/mol. The fourth-order valence-corrected chi connectivity index (χ4v) is 1.73. The van der Waals surface area contributed by atoms with Gasteiger partial charge in [0, 0.05) is 11.6 Å². The third-order valence-electron chi connectivity index (χ3n) is 2.62. The fourth-order valence-electron chi connectivity index (χ4n) is 1.73. The average molecular weight is 285 g/mol. The lowest BCUT2D eigenvalue weighted by molar-refractivity contribution is -0.144. The lowest BCUT2D eigenvalue weighted by atomic mass is 10.2. The largest absolute Gasteiger partial charge is 0.459 e. The Hall–Kier alpha value is -2.76. The number of fused-ring (bicyclic) bond motifs is 1. The highest BCUT2D eigenvalue weighted by molar-refractivity contribution is 5.94. The number of ketones is 1. The van der Waals surface area contributed by atoms with Gasteiger partial charge in [0.2, 0.25) is 0 Å². The number of benzene rings is 1. The number of Topliss-reactive ketones (excluding diaryl/α,β-unsaturated/α-hetero) is 1. The molecule has 1 aromatic carbocycles. The second kappa shape index (κ2) is 7.14. The number of anilines is 1. The van der Waals surface area contributed by atoms with Crippen LogP contribution in [-0.4, -0.2) is 29.6 Å². The number of carbonyl (C=O) groups is 2. The molecule has 0 fully saturated rings. The van der Waals surface area contributed by atoms with Crippen molar-refractivity contribution in [3.8, 4) is 0 Å². The Kier molecular flexibility index (Phi) is 4.98. The Labute approximate surface area is 121 Å². The lowest BCUT2D eigenvalue weighted by Gasteiger charge is -2.04. The second-order valence-corrected chi connectivity index (χ2v) is 4.37. The van der Waals surface area contributed by atoms with Crippen molar-refractivity contribution >= 4 is 34.6 Å². The lowest BCUT2D eigenvalue weighted by Crippen LogP contribution is -2.10. The first-order valence-electron chi connectivity index (χ1n) is 6.43. The Morgan fingerprint density at radius 1 is 1.33 bits per heavy atom. The number of nitrogens with zero attached hydrogens (tertiary/aromatic N) is 2. The number of pyridine rings is 1. The Morgan fingerprint density at radius 2 is 2.14 bits per heavy atom. The molecule has 2 rings (SSSR count). The van der Waals surface area contributed by atoms with Crippen LogP contribution >= 0.6 is 0 Å². The minimum Gasteiger partial charge on any atom is -0.459 e. The minimum absolute atomic E-state index is 0.0112. The Balaban J connectivity index is 1.89. The van der Waals surface area contributed by atoms with E-state index in [2.05, 4.69) is 15.5 Å². The molecule has 2 aromatic rings. The van der Waals surface area contributed by atoms with E-state index in [1.54, 1.807) is 6.20 Å². The summed E-state index contributed by atoms with van der Waals surface area (Å²) in [6.45, 7) is 1.35. The van der Waals surface area contributed by atoms with Crippen LogP contribution in [-0.2, 0) is 14.3 Å². The molecule has 0 radical (unpaired) electrons. The van der Waals surface area contributed by atoms with Crippen LogP contribution in [0.15, 0.2) is 41.6 Å². The molecule has 0 unspecified atom stereocenters. The Bertz CT molecular complexity index is 677. The van der Waals surface area contributed by atoms with Gasteiger partial charge in [0.05, 0.1) is 17.4 Å². The number of hydrogen-bond donors (Lipinski definition) is 1. The molecule has 21 heavy (non-hydrogen) atoms. The van der Waals surface area contributed by atoms with Gasteiger partial charge in [0.25, 0.3) is 0 Å². The van der Waals surface area contributed by atoms with E-state index in [0.717, 1.165) is 16.6 Å². The number of esters is 1. The summed E-state index contributed by atoms with van der Waals surface area (Å²) in [5.74, 6) is -0.780. The smallest absolute Gasteiger partial charge is 0.313 e. The summed E-state index contributed by atoms with van der Waals surface area (Å²) in [6, 6.07) is 9.54. The highest BCUT2D eigenvalue weighted by Crippen LogP contribution is 2.20. The molecule has 0 bridgehead atoms. The molecule has 0 amide bonds. The van der Waals surface area contributed by atoms with Gasteiger partial charge in [0.1, 0.15) is 18.8 Å². The SMILES string of the molecule is CC(=O)CC(=O)OC/C=N\Nc1cccc2cccnc12. The van der Waals surface area contributed by atoms with Crippen molar-refractivity contribution < 1.29 is 14.3 Å². The molecule has 6 nitrogen and oxygen atoms in total. The van der Waals surface area contributed by atoms with Crippen LogP contribution in [0.2, 0.25) is 0 Å². The van der Waals surface area contributed by atoms with E-state index in [1.165, 1.54) is 13.1 Å². The normalized spacial score (nSPS) is 10.7. The van der Waals surface area contributed by atoms with Gasteiger partial charge < -0.3 is 4.74 Å². The average Bonchev–Trinajstić information content (AvgIpc) is 2.46. The summed E-state index contributed by atoms with van der Waals surface area (Å²) in [6.07, 6.45) is 2.91. The molecule has 1 heterocycles. The number of ether oxygens (including phenoxy) is 1. The van der Waals surface area contributed by atoms with E-state index >= 15 is 0 Å². The molecule has 1 aromatic heterocycles. The molecule has 0 aliphatic carbocycles. The van der Waals surface area contributed by atoms with Gasteiger partial charge in [-0.25, -0.2) is 0 Å². The van der Waals surface area contributed by atoms with E-state index in [1.807, 2.05) is 30.3 Å². The van der Waals surface area contributed by atoms with Gasteiger partial charge in [-0.05, 0) is 19.1 Å². The van der Waals surface area contributed by atoms with Crippen molar-refractivity contribution in [2.24, 2.45) is 5.10 Å². The summed E-state index contributed by atoms with van der Waals surface area (Å²) in [5, 5.41) is 4.97. The molecule has 108 valence electrons. The third-order valence-corrected chi connectivity index (χ3v) is 2.62. The molecular formula is C15H15N3O3. The number of para-hydroxylation sites is 1. The molecule has 0 aliphatic rings. The first-order chi connectivity index (χ1) is 10.2. The summed E-state index contributed by atoms with van der Waals surface area (Å²) in [4.78, 5) is 26.1. The number of rotatable bonds is 6.